The predicted octanol–water partition coefficient (Wildman–Crippen LogP) is 6.31. The maximum Gasteiger partial charge on any atom is 0.156 e. The standard InChI is InChI=1S/C29H31N7S/c1-5-19(8-7-14-36(3)4)16-20(6-2)23-9-10-25-27(32-23)28(35-34-25)29-31-17-22-24(33-29)11-13-30-26(22)21-12-15-37-18-21/h5-6,9-13,15-16,18H,1,7-8,14,17H2,2-4H3,(H,31,33)(H,34,35)/b19-16+,20-6+. The minimum atomic E-state index is 0.531. The zero-order chi connectivity index (χ0) is 25.8. The number of hydrogen-bond donors (Lipinski definition) is 2. The Morgan fingerprint density at radius 2 is 2.08 bits per heavy atom. The van der Waals surface area contributed by atoms with E-state index in [0.29, 0.717) is 18.1 Å². The van der Waals surface area contributed by atoms with E-state index < -0.39 is 0 Å². The van der Waals surface area contributed by atoms with Crippen LogP contribution in [0.1, 0.15) is 36.7 Å². The van der Waals surface area contributed by atoms with Gasteiger partial charge in [-0.2, -0.15) is 16.4 Å². The number of aliphatic imine (C=N–C) groups is 1. The molecule has 0 amide bonds. The van der Waals surface area contributed by atoms with E-state index in [1.54, 1.807) is 11.3 Å². The van der Waals surface area contributed by atoms with Crippen molar-refractivity contribution in [1.29, 1.82) is 0 Å². The number of aromatic amines is 1. The minimum absolute atomic E-state index is 0.531. The zero-order valence-electron chi connectivity index (χ0n) is 21.5. The second kappa shape index (κ2) is 11.0. The average molecular weight is 510 g/mol. The summed E-state index contributed by atoms with van der Waals surface area (Å²) < 4.78 is 0. The van der Waals surface area contributed by atoms with Crippen LogP contribution in [0.5, 0.6) is 0 Å². The fourth-order valence-corrected chi connectivity index (χ4v) is 5.08. The van der Waals surface area contributed by atoms with Gasteiger partial charge in [-0.15, -0.1) is 0 Å². The molecule has 37 heavy (non-hydrogen) atoms. The highest BCUT2D eigenvalue weighted by Gasteiger charge is 2.22. The van der Waals surface area contributed by atoms with Crippen LogP contribution in [-0.2, 0) is 6.54 Å². The average Bonchev–Trinajstić information content (AvgIpc) is 3.60. The van der Waals surface area contributed by atoms with Gasteiger partial charge >= 0.3 is 0 Å². The van der Waals surface area contributed by atoms with Crippen LogP contribution in [0.2, 0.25) is 0 Å². The Morgan fingerprint density at radius 1 is 1.19 bits per heavy atom. The van der Waals surface area contributed by atoms with Crippen LogP contribution in [0.15, 0.2) is 76.6 Å². The molecule has 4 aromatic heterocycles. The van der Waals surface area contributed by atoms with Crippen LogP contribution in [0.4, 0.5) is 5.69 Å². The number of rotatable bonds is 9. The maximum atomic E-state index is 5.01. The molecule has 188 valence electrons. The highest BCUT2D eigenvalue weighted by molar-refractivity contribution is 7.08. The maximum absolute atomic E-state index is 5.01. The van der Waals surface area contributed by atoms with Crippen molar-refractivity contribution in [2.24, 2.45) is 4.99 Å². The lowest BCUT2D eigenvalue weighted by molar-refractivity contribution is 0.400. The third kappa shape index (κ3) is 5.30. The zero-order valence-corrected chi connectivity index (χ0v) is 22.3. The second-order valence-corrected chi connectivity index (χ2v) is 10.0. The van der Waals surface area contributed by atoms with Crippen LogP contribution in [0.3, 0.4) is 0 Å². The fourth-order valence-electron chi connectivity index (χ4n) is 4.44. The van der Waals surface area contributed by atoms with Crippen molar-refractivity contribution in [2.45, 2.75) is 26.3 Å². The van der Waals surface area contributed by atoms with E-state index >= 15 is 0 Å². The van der Waals surface area contributed by atoms with Crippen LogP contribution in [0.25, 0.3) is 27.9 Å². The first-order chi connectivity index (χ1) is 18.1. The molecule has 1 aliphatic heterocycles. The molecule has 5 rings (SSSR count). The summed E-state index contributed by atoms with van der Waals surface area (Å²) >= 11 is 1.67. The summed E-state index contributed by atoms with van der Waals surface area (Å²) in [6.45, 7) is 7.64. The second-order valence-electron chi connectivity index (χ2n) is 9.23. The number of thiophene rings is 1. The number of hydrogen-bond acceptors (Lipinski definition) is 7. The Kier molecular flexibility index (Phi) is 7.39. The number of aromatic nitrogens is 4. The first-order valence-electron chi connectivity index (χ1n) is 12.4. The molecule has 0 unspecified atom stereocenters. The van der Waals surface area contributed by atoms with Gasteiger partial charge in [0.1, 0.15) is 5.52 Å². The number of allylic oxidation sites excluding steroid dienone is 5. The Hall–Kier alpha value is -3.88. The van der Waals surface area contributed by atoms with Crippen molar-refractivity contribution in [1.82, 2.24) is 25.1 Å². The minimum Gasteiger partial charge on any atom is -0.338 e. The molecule has 5 heterocycles. The molecule has 0 radical (unpaired) electrons. The molecule has 0 bridgehead atoms. The smallest absolute Gasteiger partial charge is 0.156 e. The molecule has 0 atom stereocenters. The molecule has 7 nitrogen and oxygen atoms in total. The highest BCUT2D eigenvalue weighted by Crippen LogP contribution is 2.32. The quantitative estimate of drug-likeness (QED) is 0.258. The van der Waals surface area contributed by atoms with Gasteiger partial charge in [-0.05, 0) is 87.3 Å². The molecule has 8 heteroatoms. The van der Waals surface area contributed by atoms with E-state index in [0.717, 1.165) is 64.2 Å². The topological polar surface area (TPSA) is 82.1 Å². The third-order valence-electron chi connectivity index (χ3n) is 6.41. The first-order valence-corrected chi connectivity index (χ1v) is 13.3. The van der Waals surface area contributed by atoms with Crippen molar-refractivity contribution in [3.8, 4) is 11.3 Å². The van der Waals surface area contributed by atoms with E-state index in [2.05, 4.69) is 75.1 Å². The van der Waals surface area contributed by atoms with Gasteiger partial charge in [0.2, 0.25) is 0 Å². The summed E-state index contributed by atoms with van der Waals surface area (Å²) in [6, 6.07) is 8.14. The SMILES string of the molecule is C=C/C(=C\C(=C/C)c1ccc2[nH]nc(C3=NCc4c(ccnc4-c4ccsc4)N3)c2n1)CCCN(C)C. The number of fused-ring (bicyclic) bond motifs is 2. The number of pyridine rings is 2. The molecule has 0 saturated heterocycles. The predicted molar refractivity (Wildman–Crippen MR) is 155 cm³/mol. The number of nitrogens with one attached hydrogen (secondary N) is 2. The Balaban J connectivity index is 1.44. The number of nitrogens with zero attached hydrogens (tertiary/aromatic N) is 5. The monoisotopic (exact) mass is 509 g/mol. The molecule has 1 aliphatic rings. The number of H-pyrrole nitrogens is 1. The normalized spacial score (nSPS) is 14.0. The summed E-state index contributed by atoms with van der Waals surface area (Å²) in [5.41, 5.74) is 9.71. The molecular weight excluding hydrogens is 478 g/mol. The van der Waals surface area contributed by atoms with E-state index in [4.69, 9.17) is 9.98 Å². The number of amidine groups is 1. The van der Waals surface area contributed by atoms with Crippen LogP contribution < -0.4 is 5.32 Å². The van der Waals surface area contributed by atoms with Gasteiger partial charge in [0.25, 0.3) is 0 Å². The summed E-state index contributed by atoms with van der Waals surface area (Å²) in [6.07, 6.45) is 10.1. The van der Waals surface area contributed by atoms with Gasteiger partial charge in [-0.25, -0.2) is 4.98 Å². The largest absolute Gasteiger partial charge is 0.338 e. The summed E-state index contributed by atoms with van der Waals surface area (Å²) in [5.74, 6) is 0.707. The Bertz CT molecular complexity index is 1510. The fraction of sp³-hybridized carbons (Fsp3) is 0.241. The van der Waals surface area contributed by atoms with Gasteiger partial charge in [0, 0.05) is 28.4 Å². The molecule has 4 aromatic rings. The lowest BCUT2D eigenvalue weighted by atomic mass is 10.0. The van der Waals surface area contributed by atoms with Gasteiger partial charge < -0.3 is 10.2 Å². The van der Waals surface area contributed by atoms with Crippen LogP contribution in [0, 0.1) is 0 Å². The van der Waals surface area contributed by atoms with E-state index in [1.165, 1.54) is 5.57 Å². The van der Waals surface area contributed by atoms with Crippen molar-refractivity contribution >= 4 is 39.5 Å². The summed E-state index contributed by atoms with van der Waals surface area (Å²) in [7, 11) is 4.19. The molecule has 0 saturated carbocycles. The number of anilines is 1. The van der Waals surface area contributed by atoms with Gasteiger partial charge in [0.05, 0.1) is 23.4 Å². The van der Waals surface area contributed by atoms with E-state index in [-0.39, 0.29) is 0 Å². The molecule has 0 spiro atoms. The Labute approximate surface area is 221 Å². The van der Waals surface area contributed by atoms with Crippen molar-refractivity contribution in [2.75, 3.05) is 26.0 Å². The van der Waals surface area contributed by atoms with Crippen molar-refractivity contribution < 1.29 is 0 Å². The van der Waals surface area contributed by atoms with Gasteiger partial charge in [-0.1, -0.05) is 18.7 Å². The summed E-state index contributed by atoms with van der Waals surface area (Å²) in [5, 5.41) is 15.3. The van der Waals surface area contributed by atoms with Crippen molar-refractivity contribution in [3.05, 3.63) is 88.6 Å². The Morgan fingerprint density at radius 3 is 2.84 bits per heavy atom. The molecule has 2 N–H and O–H groups in total. The van der Waals surface area contributed by atoms with Gasteiger partial charge in [0.15, 0.2) is 11.5 Å². The van der Waals surface area contributed by atoms with Crippen molar-refractivity contribution in [3.63, 3.8) is 0 Å². The molecule has 0 aliphatic carbocycles. The van der Waals surface area contributed by atoms with E-state index in [9.17, 15) is 0 Å². The summed E-state index contributed by atoms with van der Waals surface area (Å²) in [4.78, 5) is 16.7. The third-order valence-corrected chi connectivity index (χ3v) is 7.09. The van der Waals surface area contributed by atoms with Gasteiger partial charge in [-0.3, -0.25) is 15.1 Å². The molecular formula is C29H31N7S. The van der Waals surface area contributed by atoms with Crippen LogP contribution in [-0.4, -0.2) is 51.5 Å². The highest BCUT2D eigenvalue weighted by atomic mass is 32.1. The molecule has 0 fully saturated rings. The van der Waals surface area contributed by atoms with E-state index in [1.807, 2.05) is 37.4 Å². The van der Waals surface area contributed by atoms with Crippen LogP contribution >= 0.6 is 11.3 Å². The lowest BCUT2D eigenvalue weighted by Crippen LogP contribution is -2.20. The molecule has 0 aromatic carbocycles. The lowest BCUT2D eigenvalue weighted by Gasteiger charge is -2.19. The first kappa shape index (κ1) is 24.8.